The topological polar surface area (TPSA) is 87.3 Å². The Balaban J connectivity index is 1.59. The number of rotatable bonds is 6. The van der Waals surface area contributed by atoms with Crippen molar-refractivity contribution in [1.82, 2.24) is 10.6 Å². The molecule has 0 radical (unpaired) electrons. The molecule has 0 spiro atoms. The minimum Gasteiger partial charge on any atom is -0.348 e. The third kappa shape index (κ3) is 5.93. The van der Waals surface area contributed by atoms with E-state index in [0.29, 0.717) is 11.6 Å². The van der Waals surface area contributed by atoms with Crippen LogP contribution in [0.3, 0.4) is 0 Å². The maximum Gasteiger partial charge on any atom is 0.313 e. The summed E-state index contributed by atoms with van der Waals surface area (Å²) in [5.74, 6) is -2.01. The minimum atomic E-state index is -0.854. The first kappa shape index (κ1) is 21.1. The lowest BCUT2D eigenvalue weighted by Gasteiger charge is -2.12. The molecule has 0 atom stereocenters. The molecular weight excluding hydrogens is 402 g/mol. The molecule has 3 amide bonds. The zero-order valence-corrected chi connectivity index (χ0v) is 16.8. The van der Waals surface area contributed by atoms with E-state index in [1.165, 1.54) is 0 Å². The van der Waals surface area contributed by atoms with E-state index >= 15 is 0 Å². The molecule has 3 N–H and O–H groups in total. The predicted molar refractivity (Wildman–Crippen MR) is 116 cm³/mol. The molecule has 0 aromatic heterocycles. The first-order chi connectivity index (χ1) is 14.5. The van der Waals surface area contributed by atoms with Crippen molar-refractivity contribution in [3.63, 3.8) is 0 Å². The lowest BCUT2D eigenvalue weighted by molar-refractivity contribution is -0.136. The molecule has 30 heavy (non-hydrogen) atoms. The Labute approximate surface area is 179 Å². The van der Waals surface area contributed by atoms with Crippen molar-refractivity contribution in [3.8, 4) is 0 Å². The molecule has 0 fully saturated rings. The van der Waals surface area contributed by atoms with Gasteiger partial charge in [0.25, 0.3) is 5.91 Å². The third-order valence-corrected chi connectivity index (χ3v) is 4.54. The van der Waals surface area contributed by atoms with Crippen molar-refractivity contribution < 1.29 is 14.4 Å². The maximum atomic E-state index is 12.6. The van der Waals surface area contributed by atoms with Gasteiger partial charge in [0.1, 0.15) is 0 Å². The van der Waals surface area contributed by atoms with Gasteiger partial charge in [-0.15, -0.1) is 0 Å². The van der Waals surface area contributed by atoms with Crippen LogP contribution < -0.4 is 16.0 Å². The number of carbonyl (C=O) groups is 3. The molecule has 3 aromatic rings. The van der Waals surface area contributed by atoms with Crippen LogP contribution >= 0.6 is 11.6 Å². The van der Waals surface area contributed by atoms with Crippen LogP contribution in [-0.2, 0) is 22.7 Å². The number of amides is 3. The Bertz CT molecular complexity index is 1040. The fourth-order valence-corrected chi connectivity index (χ4v) is 2.83. The molecule has 0 aliphatic heterocycles. The van der Waals surface area contributed by atoms with Gasteiger partial charge in [-0.3, -0.25) is 14.4 Å². The van der Waals surface area contributed by atoms with Crippen molar-refractivity contribution in [2.45, 2.75) is 13.1 Å². The van der Waals surface area contributed by atoms with E-state index in [1.54, 1.807) is 48.5 Å². The molecule has 0 saturated heterocycles. The quantitative estimate of drug-likeness (QED) is 0.532. The van der Waals surface area contributed by atoms with E-state index in [2.05, 4.69) is 16.0 Å². The van der Waals surface area contributed by atoms with E-state index in [0.717, 1.165) is 11.1 Å². The number of carbonyl (C=O) groups excluding carboxylic acids is 3. The number of halogens is 1. The molecule has 0 saturated carbocycles. The normalized spacial score (nSPS) is 10.2. The number of anilines is 1. The maximum absolute atomic E-state index is 12.6. The number of hydrogen-bond acceptors (Lipinski definition) is 3. The van der Waals surface area contributed by atoms with E-state index in [4.69, 9.17) is 11.6 Å². The van der Waals surface area contributed by atoms with Gasteiger partial charge in [0.05, 0.1) is 11.3 Å². The Morgan fingerprint density at radius 2 is 1.27 bits per heavy atom. The van der Waals surface area contributed by atoms with Crippen molar-refractivity contribution in [2.24, 2.45) is 0 Å². The van der Waals surface area contributed by atoms with E-state index < -0.39 is 11.8 Å². The Morgan fingerprint density at radius 1 is 0.667 bits per heavy atom. The Hall–Kier alpha value is -3.64. The molecule has 3 rings (SSSR count). The van der Waals surface area contributed by atoms with Gasteiger partial charge in [-0.1, -0.05) is 66.2 Å². The van der Waals surface area contributed by atoms with E-state index in [-0.39, 0.29) is 23.7 Å². The number of benzene rings is 3. The van der Waals surface area contributed by atoms with Crippen LogP contribution in [0.25, 0.3) is 0 Å². The highest BCUT2D eigenvalue weighted by Crippen LogP contribution is 2.15. The third-order valence-electron chi connectivity index (χ3n) is 4.29. The molecular formula is C23H20ClN3O3. The second-order valence-electron chi connectivity index (χ2n) is 6.48. The monoisotopic (exact) mass is 421 g/mol. The fourth-order valence-electron chi connectivity index (χ4n) is 2.71. The highest BCUT2D eigenvalue weighted by Gasteiger charge is 2.17. The summed E-state index contributed by atoms with van der Waals surface area (Å²) in [6.07, 6.45) is 0. The van der Waals surface area contributed by atoms with Crippen LogP contribution in [0, 0.1) is 0 Å². The average molecular weight is 422 g/mol. The second kappa shape index (κ2) is 10.2. The van der Waals surface area contributed by atoms with Crippen LogP contribution in [0.15, 0.2) is 78.9 Å². The summed E-state index contributed by atoms with van der Waals surface area (Å²) in [5.41, 5.74) is 2.29. The SMILES string of the molecule is O=C(NCc1ccc(Cl)cc1)C(=O)Nc1ccccc1C(=O)NCc1ccccc1. The van der Waals surface area contributed by atoms with Crippen LogP contribution in [0.5, 0.6) is 0 Å². The van der Waals surface area contributed by atoms with Crippen LogP contribution in [-0.4, -0.2) is 17.7 Å². The highest BCUT2D eigenvalue weighted by molar-refractivity contribution is 6.40. The van der Waals surface area contributed by atoms with Crippen LogP contribution in [0.2, 0.25) is 5.02 Å². The molecule has 0 aliphatic rings. The first-order valence-electron chi connectivity index (χ1n) is 9.27. The van der Waals surface area contributed by atoms with Gasteiger partial charge in [-0.05, 0) is 35.4 Å². The molecule has 7 heteroatoms. The number of hydrogen-bond donors (Lipinski definition) is 3. The predicted octanol–water partition coefficient (Wildman–Crippen LogP) is 3.52. The lowest BCUT2D eigenvalue weighted by Crippen LogP contribution is -2.35. The zero-order valence-electron chi connectivity index (χ0n) is 16.0. The molecule has 0 bridgehead atoms. The van der Waals surface area contributed by atoms with Gasteiger partial charge >= 0.3 is 11.8 Å². The average Bonchev–Trinajstić information content (AvgIpc) is 2.78. The molecule has 3 aromatic carbocycles. The van der Waals surface area contributed by atoms with Gasteiger partial charge in [0, 0.05) is 18.1 Å². The molecule has 0 unspecified atom stereocenters. The van der Waals surface area contributed by atoms with Gasteiger partial charge in [0.15, 0.2) is 0 Å². The summed E-state index contributed by atoms with van der Waals surface area (Å²) >= 11 is 5.83. The van der Waals surface area contributed by atoms with Crippen molar-refractivity contribution in [3.05, 3.63) is 101 Å². The fraction of sp³-hybridized carbons (Fsp3) is 0.0870. The summed E-state index contributed by atoms with van der Waals surface area (Å²) in [6.45, 7) is 0.534. The van der Waals surface area contributed by atoms with Gasteiger partial charge in [-0.2, -0.15) is 0 Å². The van der Waals surface area contributed by atoms with Gasteiger partial charge in [0.2, 0.25) is 0 Å². The smallest absolute Gasteiger partial charge is 0.313 e. The summed E-state index contributed by atoms with van der Waals surface area (Å²) in [4.78, 5) is 37.0. The second-order valence-corrected chi connectivity index (χ2v) is 6.91. The molecule has 0 aliphatic carbocycles. The van der Waals surface area contributed by atoms with Crippen molar-refractivity contribution >= 4 is 35.0 Å². The van der Waals surface area contributed by atoms with E-state index in [9.17, 15) is 14.4 Å². The van der Waals surface area contributed by atoms with Crippen LogP contribution in [0.4, 0.5) is 5.69 Å². The molecule has 6 nitrogen and oxygen atoms in total. The van der Waals surface area contributed by atoms with Crippen molar-refractivity contribution in [2.75, 3.05) is 5.32 Å². The molecule has 152 valence electrons. The van der Waals surface area contributed by atoms with Crippen molar-refractivity contribution in [1.29, 1.82) is 0 Å². The first-order valence-corrected chi connectivity index (χ1v) is 9.65. The summed E-state index contributed by atoms with van der Waals surface area (Å²) < 4.78 is 0. The number of para-hydroxylation sites is 1. The number of nitrogens with one attached hydrogen (secondary N) is 3. The standard InChI is InChI=1S/C23H20ClN3O3/c24-18-12-10-17(11-13-18)15-26-22(29)23(30)27-20-9-5-4-8-19(20)21(28)25-14-16-6-2-1-3-7-16/h1-13H,14-15H2,(H,25,28)(H,26,29)(H,27,30). The Morgan fingerprint density at radius 3 is 2.00 bits per heavy atom. The lowest BCUT2D eigenvalue weighted by atomic mass is 10.1. The minimum absolute atomic E-state index is 0.183. The summed E-state index contributed by atoms with van der Waals surface area (Å²) in [7, 11) is 0. The van der Waals surface area contributed by atoms with Gasteiger partial charge in [-0.25, -0.2) is 0 Å². The zero-order chi connectivity index (χ0) is 21.3. The highest BCUT2D eigenvalue weighted by atomic mass is 35.5. The summed E-state index contributed by atoms with van der Waals surface area (Å²) in [5, 5.41) is 8.44. The van der Waals surface area contributed by atoms with Crippen LogP contribution in [0.1, 0.15) is 21.5 Å². The van der Waals surface area contributed by atoms with Gasteiger partial charge < -0.3 is 16.0 Å². The van der Waals surface area contributed by atoms with E-state index in [1.807, 2.05) is 30.3 Å². The molecule has 0 heterocycles. The largest absolute Gasteiger partial charge is 0.348 e. The Kier molecular flexibility index (Phi) is 7.19. The summed E-state index contributed by atoms with van der Waals surface area (Å²) in [6, 6.07) is 22.9.